The number of rotatable bonds is 3. The van der Waals surface area contributed by atoms with Crippen molar-refractivity contribution in [2.24, 2.45) is 4.66 Å². The van der Waals surface area contributed by atoms with E-state index in [1.165, 1.54) is 10.4 Å². The second kappa shape index (κ2) is 5.21. The molecule has 0 aromatic heterocycles. The van der Waals surface area contributed by atoms with Gasteiger partial charge in [-0.1, -0.05) is 60.7 Å². The van der Waals surface area contributed by atoms with E-state index in [-0.39, 0.29) is 0 Å². The molecule has 0 saturated carbocycles. The highest BCUT2D eigenvalue weighted by molar-refractivity contribution is 6.84. The molecule has 0 unspecified atom stereocenters. The third-order valence-corrected chi connectivity index (χ3v) is 4.84. The lowest BCUT2D eigenvalue weighted by Crippen LogP contribution is -2.40. The first kappa shape index (κ1) is 10.6. The quantitative estimate of drug-likeness (QED) is 0.602. The molecular weight excluding hydrogens is 212 g/mol. The van der Waals surface area contributed by atoms with Gasteiger partial charge in [0, 0.05) is 0 Å². The highest BCUT2D eigenvalue weighted by atomic mass is 28.3. The molecule has 78 valence electrons. The van der Waals surface area contributed by atoms with Crippen molar-refractivity contribution in [1.29, 1.82) is 5.41 Å². The summed E-state index contributed by atoms with van der Waals surface area (Å²) in [5, 5.41) is 9.48. The van der Waals surface area contributed by atoms with Gasteiger partial charge in [0.05, 0.1) is 6.01 Å². The van der Waals surface area contributed by atoms with Crippen molar-refractivity contribution in [3.63, 3.8) is 0 Å². The molecule has 16 heavy (non-hydrogen) atoms. The normalized spacial score (nSPS) is 9.81. The molecule has 0 aliphatic rings. The minimum Gasteiger partial charge on any atom is -0.260 e. The van der Waals surface area contributed by atoms with Crippen LogP contribution in [0.1, 0.15) is 0 Å². The maximum absolute atomic E-state index is 7.05. The van der Waals surface area contributed by atoms with Crippen LogP contribution in [0, 0.1) is 5.41 Å². The molecular formula is C13H12N2Si. The number of nitrogens with one attached hydrogen (secondary N) is 1. The van der Waals surface area contributed by atoms with Gasteiger partial charge in [0.15, 0.2) is 0 Å². The average molecular weight is 224 g/mol. The van der Waals surface area contributed by atoms with Crippen LogP contribution in [0.2, 0.25) is 0 Å². The second-order valence-electron chi connectivity index (χ2n) is 3.46. The maximum Gasteiger partial charge on any atom is 0.241 e. The Hall–Kier alpha value is -1.96. The fraction of sp³-hybridized carbons (Fsp3) is 0. The van der Waals surface area contributed by atoms with E-state index < -0.39 is 8.96 Å². The van der Waals surface area contributed by atoms with Gasteiger partial charge in [-0.3, -0.25) is 4.66 Å². The van der Waals surface area contributed by atoms with Crippen LogP contribution in [0.15, 0.2) is 65.3 Å². The summed E-state index contributed by atoms with van der Waals surface area (Å²) in [6.45, 7) is 0. The Morgan fingerprint density at radius 1 is 0.812 bits per heavy atom. The Labute approximate surface area is 96.5 Å². The van der Waals surface area contributed by atoms with Gasteiger partial charge in [-0.15, -0.1) is 0 Å². The van der Waals surface area contributed by atoms with E-state index in [1.54, 1.807) is 0 Å². The van der Waals surface area contributed by atoms with Gasteiger partial charge in [0.1, 0.15) is 0 Å². The lowest BCUT2D eigenvalue weighted by molar-refractivity contribution is 1.55. The lowest BCUT2D eigenvalue weighted by Gasteiger charge is -2.09. The maximum atomic E-state index is 7.05. The van der Waals surface area contributed by atoms with Gasteiger partial charge in [-0.2, -0.15) is 0 Å². The van der Waals surface area contributed by atoms with Crippen LogP contribution in [-0.4, -0.2) is 15.0 Å². The van der Waals surface area contributed by atoms with Gasteiger partial charge in [-0.05, 0) is 10.4 Å². The average Bonchev–Trinajstić information content (AvgIpc) is 2.38. The van der Waals surface area contributed by atoms with Gasteiger partial charge in [-0.25, -0.2) is 5.41 Å². The van der Waals surface area contributed by atoms with E-state index in [4.69, 9.17) is 5.41 Å². The third-order valence-electron chi connectivity index (χ3n) is 2.42. The van der Waals surface area contributed by atoms with Crippen LogP contribution in [-0.2, 0) is 0 Å². The molecule has 0 bridgehead atoms. The molecule has 0 aliphatic carbocycles. The first-order chi connectivity index (χ1) is 7.92. The Bertz CT molecular complexity index is 450. The molecule has 0 saturated heterocycles. The van der Waals surface area contributed by atoms with Gasteiger partial charge < -0.3 is 0 Å². The molecule has 1 N–H and O–H groups in total. The number of hydrogen-bond donors (Lipinski definition) is 1. The number of hydrogen-bond acceptors (Lipinski definition) is 2. The van der Waals surface area contributed by atoms with Crippen molar-refractivity contribution in [1.82, 2.24) is 0 Å². The Morgan fingerprint density at radius 2 is 1.25 bits per heavy atom. The standard InChI is InChI=1S/C13H12N2Si/c14-11-15-16(12-7-3-1-4-8-12)13-9-5-2-6-10-13/h1-10,14,16H. The second-order valence-corrected chi connectivity index (χ2v) is 5.86. The molecule has 2 aromatic rings. The molecule has 2 rings (SSSR count). The zero-order valence-electron chi connectivity index (χ0n) is 8.80. The van der Waals surface area contributed by atoms with Crippen LogP contribution < -0.4 is 10.4 Å². The summed E-state index contributed by atoms with van der Waals surface area (Å²) in [6.07, 6.45) is 0. The molecule has 0 heterocycles. The molecule has 0 atom stereocenters. The highest BCUT2D eigenvalue weighted by Crippen LogP contribution is 1.93. The van der Waals surface area contributed by atoms with Gasteiger partial charge in [0.25, 0.3) is 0 Å². The smallest absolute Gasteiger partial charge is 0.241 e. The minimum absolute atomic E-state index is 1.22. The zero-order chi connectivity index (χ0) is 11.2. The summed E-state index contributed by atoms with van der Waals surface area (Å²) in [5.74, 6) is 0. The van der Waals surface area contributed by atoms with Crippen LogP contribution >= 0.6 is 0 Å². The molecule has 2 aromatic carbocycles. The predicted molar refractivity (Wildman–Crippen MR) is 69.5 cm³/mol. The molecule has 0 radical (unpaired) electrons. The first-order valence-electron chi connectivity index (χ1n) is 5.13. The van der Waals surface area contributed by atoms with Crippen molar-refractivity contribution < 1.29 is 0 Å². The van der Waals surface area contributed by atoms with E-state index in [0.29, 0.717) is 0 Å². The SMILES string of the molecule is N=C=N[SiH](c1ccccc1)c1ccccc1. The predicted octanol–water partition coefficient (Wildman–Crippen LogP) is 1.28. The van der Waals surface area contributed by atoms with Gasteiger partial charge in [0.2, 0.25) is 8.96 Å². The first-order valence-corrected chi connectivity index (χ1v) is 6.80. The fourth-order valence-electron chi connectivity index (χ4n) is 1.68. The van der Waals surface area contributed by atoms with Crippen molar-refractivity contribution >= 4 is 25.3 Å². The van der Waals surface area contributed by atoms with Gasteiger partial charge >= 0.3 is 0 Å². The summed E-state index contributed by atoms with van der Waals surface area (Å²) in [7, 11) is -1.62. The van der Waals surface area contributed by atoms with Crippen molar-refractivity contribution in [2.45, 2.75) is 0 Å². The molecule has 2 nitrogen and oxygen atoms in total. The van der Waals surface area contributed by atoms with E-state index in [1.807, 2.05) is 36.4 Å². The van der Waals surface area contributed by atoms with Crippen molar-refractivity contribution in [2.75, 3.05) is 0 Å². The van der Waals surface area contributed by atoms with Crippen LogP contribution in [0.5, 0.6) is 0 Å². The van der Waals surface area contributed by atoms with Crippen molar-refractivity contribution in [3.05, 3.63) is 60.7 Å². The Morgan fingerprint density at radius 3 is 1.62 bits per heavy atom. The van der Waals surface area contributed by atoms with E-state index in [0.717, 1.165) is 0 Å². The monoisotopic (exact) mass is 224 g/mol. The molecule has 3 heteroatoms. The van der Waals surface area contributed by atoms with Crippen molar-refractivity contribution in [3.8, 4) is 0 Å². The summed E-state index contributed by atoms with van der Waals surface area (Å²) < 4.78 is 4.22. The van der Waals surface area contributed by atoms with Crippen LogP contribution in [0.4, 0.5) is 0 Å². The molecule has 0 aliphatic heterocycles. The largest absolute Gasteiger partial charge is 0.260 e. The molecule has 0 fully saturated rings. The Balaban J connectivity index is 2.43. The molecule has 0 spiro atoms. The van der Waals surface area contributed by atoms with Crippen LogP contribution in [0.3, 0.4) is 0 Å². The topological polar surface area (TPSA) is 36.2 Å². The minimum atomic E-state index is -1.62. The summed E-state index contributed by atoms with van der Waals surface area (Å²) in [5.41, 5.74) is 0. The highest BCUT2D eigenvalue weighted by Gasteiger charge is 2.14. The van der Waals surface area contributed by atoms with Crippen LogP contribution in [0.25, 0.3) is 0 Å². The summed E-state index contributed by atoms with van der Waals surface area (Å²) in [6, 6.07) is 22.5. The van der Waals surface area contributed by atoms with E-state index >= 15 is 0 Å². The number of benzene rings is 2. The van der Waals surface area contributed by atoms with E-state index in [9.17, 15) is 0 Å². The van der Waals surface area contributed by atoms with E-state index in [2.05, 4.69) is 34.9 Å². The summed E-state index contributed by atoms with van der Waals surface area (Å²) >= 11 is 0. The zero-order valence-corrected chi connectivity index (χ0v) is 9.95. The number of nitrogens with zero attached hydrogens (tertiary/aromatic N) is 1. The lowest BCUT2D eigenvalue weighted by atomic mass is 10.4. The third kappa shape index (κ3) is 2.34. The molecule has 0 amide bonds. The summed E-state index contributed by atoms with van der Waals surface area (Å²) in [4.78, 5) is 0. The fourth-order valence-corrected chi connectivity index (χ4v) is 3.66. The Kier molecular flexibility index (Phi) is 3.44.